The summed E-state index contributed by atoms with van der Waals surface area (Å²) in [5.41, 5.74) is 0.486. The average molecular weight is 234 g/mol. The summed E-state index contributed by atoms with van der Waals surface area (Å²) < 4.78 is 27.6. The van der Waals surface area contributed by atoms with E-state index >= 15 is 0 Å². The van der Waals surface area contributed by atoms with Gasteiger partial charge in [0.2, 0.25) is 0 Å². The number of methoxy groups -OCH3 is 1. The lowest BCUT2D eigenvalue weighted by atomic mass is 10.2. The van der Waals surface area contributed by atoms with Crippen LogP contribution in [0.3, 0.4) is 0 Å². The highest BCUT2D eigenvalue weighted by Crippen LogP contribution is 2.25. The van der Waals surface area contributed by atoms with Crippen LogP contribution in [0.4, 0.5) is 0 Å². The standard InChI is InChI=1S/C8H8O3.H2O3S/c1-11-8-4-6(5-9)2-3-7(8)10;1-4(2)3/h2-5,10H,1H3;(H2,1,2,3). The monoisotopic (exact) mass is 234 g/mol. The number of hydrogen-bond donors (Lipinski definition) is 3. The quantitative estimate of drug-likeness (QED) is 0.518. The molecule has 6 nitrogen and oxygen atoms in total. The normalized spacial score (nSPS) is 9.07. The summed E-state index contributed by atoms with van der Waals surface area (Å²) in [7, 11) is 1.43. The van der Waals surface area contributed by atoms with E-state index in [0.29, 0.717) is 17.6 Å². The summed E-state index contributed by atoms with van der Waals surface area (Å²) >= 11 is -2.61. The summed E-state index contributed by atoms with van der Waals surface area (Å²) in [6.45, 7) is 0. The van der Waals surface area contributed by atoms with Crippen molar-refractivity contribution in [2.75, 3.05) is 7.11 Å². The maximum atomic E-state index is 10.2. The number of aromatic hydroxyl groups is 1. The van der Waals surface area contributed by atoms with E-state index in [1.54, 1.807) is 0 Å². The molecule has 84 valence electrons. The van der Waals surface area contributed by atoms with Crippen LogP contribution in [-0.2, 0) is 11.4 Å². The number of phenolic OH excluding ortho intramolecular Hbond substituents is 1. The lowest BCUT2D eigenvalue weighted by Gasteiger charge is -2.01. The van der Waals surface area contributed by atoms with E-state index in [0.717, 1.165) is 0 Å². The largest absolute Gasteiger partial charge is 0.504 e. The van der Waals surface area contributed by atoms with Crippen molar-refractivity contribution in [3.8, 4) is 11.5 Å². The second kappa shape index (κ2) is 6.93. The van der Waals surface area contributed by atoms with Gasteiger partial charge in [-0.05, 0) is 18.2 Å². The smallest absolute Gasteiger partial charge is 0.299 e. The highest BCUT2D eigenvalue weighted by molar-refractivity contribution is 7.73. The molecule has 0 aliphatic heterocycles. The molecule has 0 fully saturated rings. The number of benzene rings is 1. The Hall–Kier alpha value is -1.44. The van der Waals surface area contributed by atoms with Crippen LogP contribution in [0.25, 0.3) is 0 Å². The molecule has 1 aromatic carbocycles. The van der Waals surface area contributed by atoms with Crippen LogP contribution >= 0.6 is 0 Å². The Labute approximate surface area is 88.6 Å². The SMILES string of the molecule is COc1cc(C=O)ccc1O.O=S(O)O. The lowest BCUT2D eigenvalue weighted by molar-refractivity contribution is 0.112. The van der Waals surface area contributed by atoms with E-state index in [2.05, 4.69) is 0 Å². The summed E-state index contributed by atoms with van der Waals surface area (Å²) in [5.74, 6) is 0.354. The fourth-order valence-corrected chi connectivity index (χ4v) is 0.768. The molecule has 0 bridgehead atoms. The number of rotatable bonds is 2. The summed E-state index contributed by atoms with van der Waals surface area (Å²) in [5, 5.41) is 9.09. The zero-order valence-corrected chi connectivity index (χ0v) is 8.60. The van der Waals surface area contributed by atoms with E-state index < -0.39 is 11.4 Å². The number of aldehydes is 1. The average Bonchev–Trinajstić information content (AvgIpc) is 2.18. The molecule has 0 atom stereocenters. The van der Waals surface area contributed by atoms with Crippen molar-refractivity contribution in [3.63, 3.8) is 0 Å². The van der Waals surface area contributed by atoms with Crippen LogP contribution < -0.4 is 4.74 Å². The predicted octanol–water partition coefficient (Wildman–Crippen LogP) is 0.894. The molecular weight excluding hydrogens is 224 g/mol. The van der Waals surface area contributed by atoms with Crippen LogP contribution in [0, 0.1) is 0 Å². The number of ether oxygens (including phenoxy) is 1. The van der Waals surface area contributed by atoms with Gasteiger partial charge in [-0.1, -0.05) is 0 Å². The topological polar surface area (TPSA) is 104 Å². The van der Waals surface area contributed by atoms with Crippen LogP contribution in [0.2, 0.25) is 0 Å². The molecule has 0 amide bonds. The second-order valence-corrected chi connectivity index (χ2v) is 2.74. The fraction of sp³-hybridized carbons (Fsp3) is 0.125. The van der Waals surface area contributed by atoms with Gasteiger partial charge in [0.1, 0.15) is 6.29 Å². The number of hydrogen-bond acceptors (Lipinski definition) is 4. The zero-order valence-electron chi connectivity index (χ0n) is 7.78. The third-order valence-electron chi connectivity index (χ3n) is 1.34. The van der Waals surface area contributed by atoms with E-state index in [-0.39, 0.29) is 5.75 Å². The highest BCUT2D eigenvalue weighted by atomic mass is 32.2. The van der Waals surface area contributed by atoms with Crippen molar-refractivity contribution in [1.82, 2.24) is 0 Å². The molecule has 0 heterocycles. The second-order valence-electron chi connectivity index (χ2n) is 2.28. The molecule has 0 spiro atoms. The number of carbonyl (C=O) groups is 1. The van der Waals surface area contributed by atoms with Gasteiger partial charge in [-0.25, -0.2) is 0 Å². The van der Waals surface area contributed by atoms with Crippen molar-refractivity contribution >= 4 is 17.6 Å². The van der Waals surface area contributed by atoms with Gasteiger partial charge in [0, 0.05) is 5.56 Å². The molecule has 1 aromatic rings. The van der Waals surface area contributed by atoms with E-state index in [4.69, 9.17) is 23.2 Å². The molecule has 1 rings (SSSR count). The Morgan fingerprint density at radius 1 is 1.40 bits per heavy atom. The maximum Gasteiger partial charge on any atom is 0.299 e. The molecule has 0 aliphatic rings. The molecule has 0 unspecified atom stereocenters. The summed E-state index contributed by atoms with van der Waals surface area (Å²) in [6.07, 6.45) is 0.696. The minimum Gasteiger partial charge on any atom is -0.504 e. The van der Waals surface area contributed by atoms with E-state index in [1.807, 2.05) is 0 Å². The molecule has 0 saturated heterocycles. The zero-order chi connectivity index (χ0) is 11.8. The number of phenols is 1. The fourth-order valence-electron chi connectivity index (χ4n) is 0.768. The molecule has 0 aromatic heterocycles. The molecule has 7 heteroatoms. The minimum atomic E-state index is -2.61. The molecule has 3 N–H and O–H groups in total. The first-order chi connectivity index (χ1) is 7.01. The van der Waals surface area contributed by atoms with Crippen LogP contribution in [0.1, 0.15) is 10.4 Å². The predicted molar refractivity (Wildman–Crippen MR) is 53.4 cm³/mol. The van der Waals surface area contributed by atoms with Gasteiger partial charge in [-0.2, -0.15) is 4.21 Å². The number of carbonyl (C=O) groups excluding carboxylic acids is 1. The van der Waals surface area contributed by atoms with Crippen molar-refractivity contribution in [2.24, 2.45) is 0 Å². The van der Waals surface area contributed by atoms with Gasteiger partial charge < -0.3 is 9.84 Å². The molecule has 0 radical (unpaired) electrons. The Morgan fingerprint density at radius 3 is 2.33 bits per heavy atom. The first-order valence-corrected chi connectivity index (χ1v) is 4.69. The summed E-state index contributed by atoms with van der Waals surface area (Å²) in [6, 6.07) is 4.41. The van der Waals surface area contributed by atoms with Crippen molar-refractivity contribution in [2.45, 2.75) is 0 Å². The van der Waals surface area contributed by atoms with Crippen molar-refractivity contribution < 1.29 is 28.0 Å². The van der Waals surface area contributed by atoms with Gasteiger partial charge in [-0.15, -0.1) is 0 Å². The van der Waals surface area contributed by atoms with Crippen molar-refractivity contribution in [1.29, 1.82) is 0 Å². The first kappa shape index (κ1) is 13.6. The molecular formula is C8H10O6S. The van der Waals surface area contributed by atoms with Gasteiger partial charge in [0.25, 0.3) is 11.4 Å². The molecule has 0 saturated carbocycles. The Morgan fingerprint density at radius 2 is 1.93 bits per heavy atom. The Balaban J connectivity index is 0.000000423. The lowest BCUT2D eigenvalue weighted by Crippen LogP contribution is -1.85. The van der Waals surface area contributed by atoms with Gasteiger partial charge in [-0.3, -0.25) is 13.9 Å². The molecule has 15 heavy (non-hydrogen) atoms. The third-order valence-corrected chi connectivity index (χ3v) is 1.34. The van der Waals surface area contributed by atoms with E-state index in [1.165, 1.54) is 25.3 Å². The minimum absolute atomic E-state index is 0.0399. The van der Waals surface area contributed by atoms with E-state index in [9.17, 15) is 4.79 Å². The highest BCUT2D eigenvalue weighted by Gasteiger charge is 2.00. The van der Waals surface area contributed by atoms with Crippen LogP contribution in [-0.4, -0.2) is 31.8 Å². The maximum absolute atomic E-state index is 10.2. The van der Waals surface area contributed by atoms with Crippen LogP contribution in [0.15, 0.2) is 18.2 Å². The first-order valence-electron chi connectivity index (χ1n) is 3.63. The Bertz CT molecular complexity index is 347. The van der Waals surface area contributed by atoms with Gasteiger partial charge >= 0.3 is 0 Å². The van der Waals surface area contributed by atoms with Crippen LogP contribution in [0.5, 0.6) is 11.5 Å². The van der Waals surface area contributed by atoms with Gasteiger partial charge in [0.05, 0.1) is 7.11 Å². The Kier molecular flexibility index (Phi) is 6.27. The van der Waals surface area contributed by atoms with Gasteiger partial charge in [0.15, 0.2) is 11.5 Å². The molecule has 0 aliphatic carbocycles. The van der Waals surface area contributed by atoms with Crippen molar-refractivity contribution in [3.05, 3.63) is 23.8 Å². The third kappa shape index (κ3) is 5.78. The summed E-state index contributed by atoms with van der Waals surface area (Å²) in [4.78, 5) is 10.2.